The Balaban J connectivity index is 1.54. The van der Waals surface area contributed by atoms with Crippen LogP contribution in [-0.2, 0) is 16.0 Å². The third-order valence-electron chi connectivity index (χ3n) is 4.20. The predicted molar refractivity (Wildman–Crippen MR) is 95.6 cm³/mol. The van der Waals surface area contributed by atoms with Crippen molar-refractivity contribution in [2.45, 2.75) is 12.5 Å². The molecule has 8 heteroatoms. The van der Waals surface area contributed by atoms with Crippen LogP contribution in [0, 0.1) is 0 Å². The van der Waals surface area contributed by atoms with Crippen LogP contribution in [0.4, 0.5) is 5.69 Å². The van der Waals surface area contributed by atoms with Crippen LogP contribution in [0.2, 0.25) is 5.02 Å². The Bertz CT molecular complexity index is 1030. The lowest BCUT2D eigenvalue weighted by Crippen LogP contribution is -2.31. The van der Waals surface area contributed by atoms with Gasteiger partial charge in [0, 0.05) is 22.5 Å². The normalized spacial score (nSPS) is 15.4. The molecule has 26 heavy (non-hydrogen) atoms. The second kappa shape index (κ2) is 6.34. The van der Waals surface area contributed by atoms with Gasteiger partial charge in [-0.3, -0.25) is 9.89 Å². The van der Waals surface area contributed by atoms with Gasteiger partial charge >= 0.3 is 5.97 Å². The van der Waals surface area contributed by atoms with E-state index in [2.05, 4.69) is 15.5 Å². The van der Waals surface area contributed by atoms with Crippen LogP contribution in [0.3, 0.4) is 0 Å². The van der Waals surface area contributed by atoms with Crippen molar-refractivity contribution in [2.24, 2.45) is 0 Å². The fourth-order valence-corrected chi connectivity index (χ4v) is 3.12. The van der Waals surface area contributed by atoms with Crippen LogP contribution < -0.4 is 10.1 Å². The highest BCUT2D eigenvalue weighted by molar-refractivity contribution is 6.30. The van der Waals surface area contributed by atoms with Gasteiger partial charge in [0.1, 0.15) is 5.75 Å². The average Bonchev–Trinajstić information content (AvgIpc) is 3.24. The van der Waals surface area contributed by atoms with Gasteiger partial charge in [-0.15, -0.1) is 0 Å². The Hall–Kier alpha value is -3.06. The molecule has 132 valence electrons. The quantitative estimate of drug-likeness (QED) is 0.690. The van der Waals surface area contributed by atoms with Gasteiger partial charge in [0.2, 0.25) is 0 Å². The molecule has 2 aromatic carbocycles. The number of halogens is 1. The number of aromatic nitrogens is 2. The molecule has 0 aliphatic carbocycles. The minimum absolute atomic E-state index is 0.165. The van der Waals surface area contributed by atoms with E-state index in [-0.39, 0.29) is 11.6 Å². The highest BCUT2D eigenvalue weighted by atomic mass is 35.5. The molecule has 0 fully saturated rings. The van der Waals surface area contributed by atoms with Crippen LogP contribution in [-0.4, -0.2) is 35.3 Å². The zero-order valence-corrected chi connectivity index (χ0v) is 14.5. The summed E-state index contributed by atoms with van der Waals surface area (Å²) in [6.45, 7) is 0. The highest BCUT2D eigenvalue weighted by Gasteiger charge is 2.29. The van der Waals surface area contributed by atoms with Gasteiger partial charge in [0.15, 0.2) is 11.8 Å². The van der Waals surface area contributed by atoms with Crippen molar-refractivity contribution in [1.82, 2.24) is 10.2 Å². The number of hydrogen-bond acceptors (Lipinski definition) is 5. The van der Waals surface area contributed by atoms with Crippen molar-refractivity contribution >= 4 is 40.1 Å². The van der Waals surface area contributed by atoms with Crippen LogP contribution in [0.15, 0.2) is 36.4 Å². The predicted octanol–water partition coefficient (Wildman–Crippen LogP) is 2.95. The Morgan fingerprint density at radius 1 is 1.31 bits per heavy atom. The zero-order valence-electron chi connectivity index (χ0n) is 13.7. The first-order valence-corrected chi connectivity index (χ1v) is 8.25. The molecule has 1 aromatic heterocycles. The summed E-state index contributed by atoms with van der Waals surface area (Å²) in [5.41, 5.74) is 2.27. The van der Waals surface area contributed by atoms with E-state index in [9.17, 15) is 9.59 Å². The smallest absolute Gasteiger partial charge is 0.359 e. The number of ether oxygens (including phenoxy) is 2. The number of nitrogens with zero attached hydrogens (tertiary/aromatic N) is 1. The second-order valence-corrected chi connectivity index (χ2v) is 6.31. The maximum Gasteiger partial charge on any atom is 0.359 e. The molecule has 0 saturated heterocycles. The van der Waals surface area contributed by atoms with E-state index in [0.717, 1.165) is 5.56 Å². The summed E-state index contributed by atoms with van der Waals surface area (Å²) in [5.74, 6) is -0.168. The van der Waals surface area contributed by atoms with Gasteiger partial charge in [-0.05, 0) is 42.0 Å². The number of benzene rings is 2. The Morgan fingerprint density at radius 3 is 2.96 bits per heavy atom. The molecular formula is C18H14ClN3O4. The zero-order chi connectivity index (χ0) is 18.3. The lowest BCUT2D eigenvalue weighted by atomic mass is 10.1. The third kappa shape index (κ3) is 2.86. The van der Waals surface area contributed by atoms with Crippen molar-refractivity contribution in [3.8, 4) is 5.75 Å². The van der Waals surface area contributed by atoms with Crippen molar-refractivity contribution in [3.05, 3.63) is 52.7 Å². The summed E-state index contributed by atoms with van der Waals surface area (Å²) in [5, 5.41) is 10.7. The topological polar surface area (TPSA) is 93.3 Å². The summed E-state index contributed by atoms with van der Waals surface area (Å²) >= 11 is 5.97. The number of fused-ring (bicyclic) bond motifs is 2. The standard InChI is InChI=1S/C18H14ClN3O4/c1-25-18(24)16-12-8-11(3-4-13(12)21-22-16)20-17(23)15-7-9-6-10(19)2-5-14(9)26-15/h2-6,8,15H,7H2,1H3,(H,20,23)(H,21,22). The van der Waals surface area contributed by atoms with Crippen molar-refractivity contribution < 1.29 is 19.1 Å². The maximum atomic E-state index is 12.5. The first kappa shape index (κ1) is 16.4. The molecule has 2 N–H and O–H groups in total. The van der Waals surface area contributed by atoms with Crippen molar-refractivity contribution in [3.63, 3.8) is 0 Å². The molecule has 0 radical (unpaired) electrons. The van der Waals surface area contributed by atoms with Gasteiger partial charge in [-0.2, -0.15) is 5.10 Å². The fourth-order valence-electron chi connectivity index (χ4n) is 2.93. The van der Waals surface area contributed by atoms with Gasteiger partial charge in [-0.1, -0.05) is 11.6 Å². The lowest BCUT2D eigenvalue weighted by Gasteiger charge is -2.11. The number of anilines is 1. The molecule has 2 heterocycles. The van der Waals surface area contributed by atoms with E-state index in [1.807, 2.05) is 0 Å². The molecule has 1 amide bonds. The van der Waals surface area contributed by atoms with Gasteiger partial charge in [0.05, 0.1) is 12.6 Å². The average molecular weight is 372 g/mol. The van der Waals surface area contributed by atoms with Crippen molar-refractivity contribution in [2.75, 3.05) is 12.4 Å². The summed E-state index contributed by atoms with van der Waals surface area (Å²) in [4.78, 5) is 24.3. The first-order chi connectivity index (χ1) is 12.5. The van der Waals surface area contributed by atoms with E-state index in [0.29, 0.717) is 33.8 Å². The molecular weight excluding hydrogens is 358 g/mol. The number of H-pyrrole nitrogens is 1. The number of hydrogen-bond donors (Lipinski definition) is 2. The third-order valence-corrected chi connectivity index (χ3v) is 4.43. The van der Waals surface area contributed by atoms with Crippen molar-refractivity contribution in [1.29, 1.82) is 0 Å². The Morgan fingerprint density at radius 2 is 2.15 bits per heavy atom. The van der Waals surface area contributed by atoms with Gasteiger partial charge < -0.3 is 14.8 Å². The monoisotopic (exact) mass is 371 g/mol. The molecule has 1 aliphatic rings. The highest BCUT2D eigenvalue weighted by Crippen LogP contribution is 2.31. The molecule has 0 saturated carbocycles. The molecule has 7 nitrogen and oxygen atoms in total. The number of methoxy groups -OCH3 is 1. The van der Waals surface area contributed by atoms with E-state index in [1.54, 1.807) is 36.4 Å². The molecule has 1 atom stereocenters. The maximum absolute atomic E-state index is 12.5. The SMILES string of the molecule is COC(=O)c1n[nH]c2ccc(NC(=O)C3Cc4cc(Cl)ccc4O3)cc12. The Kier molecular flexibility index (Phi) is 4.00. The molecule has 0 bridgehead atoms. The summed E-state index contributed by atoms with van der Waals surface area (Å²) < 4.78 is 10.4. The van der Waals surface area contributed by atoms with E-state index in [4.69, 9.17) is 21.1 Å². The van der Waals surface area contributed by atoms with E-state index in [1.165, 1.54) is 7.11 Å². The Labute approximate surface area is 153 Å². The molecule has 4 rings (SSSR count). The second-order valence-electron chi connectivity index (χ2n) is 5.88. The van der Waals surface area contributed by atoms with E-state index < -0.39 is 12.1 Å². The minimum Gasteiger partial charge on any atom is -0.480 e. The number of carbonyl (C=O) groups is 2. The van der Waals surface area contributed by atoms with Crippen LogP contribution in [0.1, 0.15) is 16.1 Å². The summed E-state index contributed by atoms with van der Waals surface area (Å²) in [6.07, 6.45) is -0.188. The minimum atomic E-state index is -0.636. The largest absolute Gasteiger partial charge is 0.480 e. The number of amides is 1. The summed E-state index contributed by atoms with van der Waals surface area (Å²) in [7, 11) is 1.29. The molecule has 0 spiro atoms. The fraction of sp³-hybridized carbons (Fsp3) is 0.167. The number of rotatable bonds is 3. The van der Waals surface area contributed by atoms with Crippen LogP contribution in [0.5, 0.6) is 5.75 Å². The van der Waals surface area contributed by atoms with Crippen LogP contribution >= 0.6 is 11.6 Å². The number of esters is 1. The number of carbonyl (C=O) groups excluding carboxylic acids is 2. The lowest BCUT2D eigenvalue weighted by molar-refractivity contribution is -0.122. The number of aromatic amines is 1. The van der Waals surface area contributed by atoms with E-state index >= 15 is 0 Å². The molecule has 1 unspecified atom stereocenters. The van der Waals surface area contributed by atoms with Gasteiger partial charge in [-0.25, -0.2) is 4.79 Å². The first-order valence-electron chi connectivity index (χ1n) is 7.87. The molecule has 3 aromatic rings. The number of nitrogens with one attached hydrogen (secondary N) is 2. The summed E-state index contributed by atoms with van der Waals surface area (Å²) in [6, 6.07) is 10.4. The van der Waals surface area contributed by atoms with Crippen LogP contribution in [0.25, 0.3) is 10.9 Å². The van der Waals surface area contributed by atoms with Gasteiger partial charge in [0.25, 0.3) is 5.91 Å². The molecule has 1 aliphatic heterocycles.